The Labute approximate surface area is 123 Å². The number of amides is 2. The van der Waals surface area contributed by atoms with Crippen molar-refractivity contribution < 1.29 is 9.59 Å². The highest BCUT2D eigenvalue weighted by molar-refractivity contribution is 5.99. The van der Waals surface area contributed by atoms with E-state index < -0.39 is 5.54 Å². The minimum absolute atomic E-state index is 0.000287. The van der Waals surface area contributed by atoms with Gasteiger partial charge in [0.2, 0.25) is 11.8 Å². The Hall–Kier alpha value is -1.06. The van der Waals surface area contributed by atoms with Crippen LogP contribution < -0.4 is 5.32 Å². The molecule has 0 saturated carbocycles. The number of rotatable bonds is 7. The SMILES string of the molecule is CCC1C(=O)NC(C)(CC)C(=O)N1CCCCC(C)C. The van der Waals surface area contributed by atoms with Crippen LogP contribution in [0.4, 0.5) is 0 Å². The van der Waals surface area contributed by atoms with Crippen LogP contribution in [0.25, 0.3) is 0 Å². The third kappa shape index (κ3) is 3.74. The van der Waals surface area contributed by atoms with Crippen molar-refractivity contribution in [2.45, 2.75) is 78.3 Å². The predicted octanol–water partition coefficient (Wildman–Crippen LogP) is 2.72. The van der Waals surface area contributed by atoms with E-state index in [1.54, 1.807) is 0 Å². The lowest BCUT2D eigenvalue weighted by molar-refractivity contribution is -0.154. The van der Waals surface area contributed by atoms with Gasteiger partial charge in [0.25, 0.3) is 0 Å². The fourth-order valence-electron chi connectivity index (χ4n) is 2.75. The maximum absolute atomic E-state index is 12.6. The summed E-state index contributed by atoms with van der Waals surface area (Å²) in [4.78, 5) is 26.6. The van der Waals surface area contributed by atoms with Gasteiger partial charge in [-0.2, -0.15) is 0 Å². The summed E-state index contributed by atoms with van der Waals surface area (Å²) in [5.74, 6) is 0.773. The molecule has 1 saturated heterocycles. The van der Waals surface area contributed by atoms with Crippen LogP contribution in [0.1, 0.15) is 66.7 Å². The smallest absolute Gasteiger partial charge is 0.248 e. The standard InChI is InChI=1S/C16H30N2O2/c1-6-13-14(19)17-16(5,7-2)15(20)18(13)11-9-8-10-12(3)4/h12-13H,6-11H2,1-5H3,(H,17,19). The maximum Gasteiger partial charge on any atom is 0.248 e. The summed E-state index contributed by atoms with van der Waals surface area (Å²) < 4.78 is 0. The van der Waals surface area contributed by atoms with Crippen molar-refractivity contribution in [3.63, 3.8) is 0 Å². The number of nitrogens with one attached hydrogen (secondary N) is 1. The Morgan fingerprint density at radius 3 is 2.40 bits per heavy atom. The van der Waals surface area contributed by atoms with Crippen molar-refractivity contribution in [3.8, 4) is 0 Å². The molecule has 1 aliphatic rings. The first-order valence-electron chi connectivity index (χ1n) is 7.98. The van der Waals surface area contributed by atoms with Crippen LogP contribution in [0, 0.1) is 5.92 Å². The Morgan fingerprint density at radius 1 is 1.25 bits per heavy atom. The minimum Gasteiger partial charge on any atom is -0.340 e. The number of piperazine rings is 1. The van der Waals surface area contributed by atoms with Crippen LogP contribution in [0.2, 0.25) is 0 Å². The zero-order valence-corrected chi connectivity index (χ0v) is 13.7. The summed E-state index contributed by atoms with van der Waals surface area (Å²) >= 11 is 0. The molecule has 20 heavy (non-hydrogen) atoms. The van der Waals surface area contributed by atoms with Crippen LogP contribution in [0.5, 0.6) is 0 Å². The summed E-state index contributed by atoms with van der Waals surface area (Å²) in [5.41, 5.74) is -0.721. The van der Waals surface area contributed by atoms with Crippen LogP contribution in [-0.2, 0) is 9.59 Å². The molecule has 0 aromatic carbocycles. The topological polar surface area (TPSA) is 49.4 Å². The Kier molecular flexibility index (Phi) is 6.03. The number of carbonyl (C=O) groups is 2. The Bertz CT molecular complexity index is 354. The molecular formula is C16H30N2O2. The van der Waals surface area contributed by atoms with E-state index in [4.69, 9.17) is 0 Å². The lowest BCUT2D eigenvalue weighted by atomic mass is 9.91. The highest BCUT2D eigenvalue weighted by atomic mass is 16.2. The highest BCUT2D eigenvalue weighted by Gasteiger charge is 2.45. The second-order valence-electron chi connectivity index (χ2n) is 6.49. The van der Waals surface area contributed by atoms with E-state index in [1.807, 2.05) is 25.7 Å². The average molecular weight is 282 g/mol. The van der Waals surface area contributed by atoms with Crippen molar-refractivity contribution >= 4 is 11.8 Å². The summed E-state index contributed by atoms with van der Waals surface area (Å²) in [6.45, 7) is 10.9. The Balaban J connectivity index is 2.71. The van der Waals surface area contributed by atoms with Gasteiger partial charge in [0.05, 0.1) is 0 Å². The molecule has 0 bridgehead atoms. The van der Waals surface area contributed by atoms with Gasteiger partial charge in [-0.25, -0.2) is 0 Å². The summed E-state index contributed by atoms with van der Waals surface area (Å²) in [6, 6.07) is -0.291. The summed E-state index contributed by atoms with van der Waals surface area (Å²) in [7, 11) is 0. The molecule has 1 N–H and O–H groups in total. The molecule has 1 aliphatic heterocycles. The molecule has 0 aromatic rings. The first kappa shape index (κ1) is 17.0. The number of hydrogen-bond donors (Lipinski definition) is 1. The van der Waals surface area contributed by atoms with Gasteiger partial charge in [-0.1, -0.05) is 40.5 Å². The fraction of sp³-hybridized carbons (Fsp3) is 0.875. The van der Waals surface area contributed by atoms with Gasteiger partial charge in [0.1, 0.15) is 11.6 Å². The van der Waals surface area contributed by atoms with Gasteiger partial charge in [0.15, 0.2) is 0 Å². The number of carbonyl (C=O) groups excluding carboxylic acids is 2. The fourth-order valence-corrected chi connectivity index (χ4v) is 2.75. The lowest BCUT2D eigenvalue weighted by Gasteiger charge is -2.44. The van der Waals surface area contributed by atoms with Gasteiger partial charge in [-0.05, 0) is 32.1 Å². The Morgan fingerprint density at radius 2 is 1.90 bits per heavy atom. The third-order valence-corrected chi connectivity index (χ3v) is 4.34. The van der Waals surface area contributed by atoms with E-state index in [2.05, 4.69) is 19.2 Å². The van der Waals surface area contributed by atoms with Crippen molar-refractivity contribution in [3.05, 3.63) is 0 Å². The van der Waals surface area contributed by atoms with Crippen LogP contribution in [-0.4, -0.2) is 34.8 Å². The molecule has 0 radical (unpaired) electrons. The predicted molar refractivity (Wildman–Crippen MR) is 81.3 cm³/mol. The maximum atomic E-state index is 12.6. The van der Waals surface area contributed by atoms with Gasteiger partial charge < -0.3 is 10.2 Å². The van der Waals surface area contributed by atoms with Gasteiger partial charge >= 0.3 is 0 Å². The molecule has 0 spiro atoms. The second kappa shape index (κ2) is 7.09. The molecule has 2 amide bonds. The summed E-state index contributed by atoms with van der Waals surface area (Å²) in [6.07, 6.45) is 4.59. The zero-order valence-electron chi connectivity index (χ0n) is 13.7. The van der Waals surface area contributed by atoms with Crippen molar-refractivity contribution in [1.29, 1.82) is 0 Å². The quantitative estimate of drug-likeness (QED) is 0.730. The number of nitrogens with zero attached hydrogens (tertiary/aromatic N) is 1. The molecule has 2 atom stereocenters. The molecule has 116 valence electrons. The van der Waals surface area contributed by atoms with E-state index in [9.17, 15) is 9.59 Å². The first-order chi connectivity index (χ1) is 9.35. The van der Waals surface area contributed by atoms with Gasteiger partial charge in [0, 0.05) is 6.54 Å². The molecule has 4 nitrogen and oxygen atoms in total. The average Bonchev–Trinajstić information content (AvgIpc) is 2.39. The second-order valence-corrected chi connectivity index (χ2v) is 6.49. The van der Waals surface area contributed by atoms with Gasteiger partial charge in [-0.15, -0.1) is 0 Å². The van der Waals surface area contributed by atoms with E-state index >= 15 is 0 Å². The van der Waals surface area contributed by atoms with E-state index in [0.717, 1.165) is 12.8 Å². The third-order valence-electron chi connectivity index (χ3n) is 4.34. The summed E-state index contributed by atoms with van der Waals surface area (Å²) in [5, 5.41) is 2.90. The number of unbranched alkanes of at least 4 members (excludes halogenated alkanes) is 1. The van der Waals surface area contributed by atoms with Gasteiger partial charge in [-0.3, -0.25) is 9.59 Å². The molecular weight excluding hydrogens is 252 g/mol. The molecule has 2 unspecified atom stereocenters. The number of hydrogen-bond acceptors (Lipinski definition) is 2. The first-order valence-corrected chi connectivity index (χ1v) is 7.98. The molecule has 0 aromatic heterocycles. The molecule has 1 fully saturated rings. The normalized spacial score (nSPS) is 27.1. The van der Waals surface area contributed by atoms with E-state index in [-0.39, 0.29) is 17.9 Å². The van der Waals surface area contributed by atoms with Crippen molar-refractivity contribution in [2.24, 2.45) is 5.92 Å². The molecule has 0 aliphatic carbocycles. The lowest BCUT2D eigenvalue weighted by Crippen LogP contribution is -2.68. The molecule has 1 rings (SSSR count). The molecule has 1 heterocycles. The zero-order chi connectivity index (χ0) is 15.3. The van der Waals surface area contributed by atoms with E-state index in [1.165, 1.54) is 6.42 Å². The largest absolute Gasteiger partial charge is 0.340 e. The van der Waals surface area contributed by atoms with Crippen LogP contribution >= 0.6 is 0 Å². The van der Waals surface area contributed by atoms with Crippen molar-refractivity contribution in [2.75, 3.05) is 6.54 Å². The minimum atomic E-state index is -0.721. The molecule has 4 heteroatoms. The van der Waals surface area contributed by atoms with Crippen LogP contribution in [0.15, 0.2) is 0 Å². The highest BCUT2D eigenvalue weighted by Crippen LogP contribution is 2.23. The van der Waals surface area contributed by atoms with Crippen LogP contribution in [0.3, 0.4) is 0 Å². The van der Waals surface area contributed by atoms with E-state index in [0.29, 0.717) is 25.3 Å². The monoisotopic (exact) mass is 282 g/mol. The van der Waals surface area contributed by atoms with Crippen molar-refractivity contribution in [1.82, 2.24) is 10.2 Å².